The Morgan fingerprint density at radius 3 is 2.31 bits per heavy atom. The molecule has 1 aromatic heterocycles. The SMILES string of the molecule is COc1ccc(-c2nc(C)cc(C)c2CNS(=O)(=O)c2ccc(C#N)cc2)cc1. The van der Waals surface area contributed by atoms with Crippen LogP contribution in [0.3, 0.4) is 0 Å². The molecule has 1 heterocycles. The number of nitriles is 1. The average molecular weight is 407 g/mol. The van der Waals surface area contributed by atoms with Crippen LogP contribution in [-0.2, 0) is 16.6 Å². The van der Waals surface area contributed by atoms with Crippen LogP contribution in [0.1, 0.15) is 22.4 Å². The van der Waals surface area contributed by atoms with Crippen molar-refractivity contribution in [1.29, 1.82) is 5.26 Å². The number of sulfonamides is 1. The normalized spacial score (nSPS) is 11.1. The minimum absolute atomic E-state index is 0.100. The van der Waals surface area contributed by atoms with Gasteiger partial charge in [-0.15, -0.1) is 0 Å². The molecule has 148 valence electrons. The fourth-order valence-electron chi connectivity index (χ4n) is 3.03. The van der Waals surface area contributed by atoms with E-state index >= 15 is 0 Å². The first-order chi connectivity index (χ1) is 13.8. The van der Waals surface area contributed by atoms with Crippen LogP contribution in [-0.4, -0.2) is 20.5 Å². The van der Waals surface area contributed by atoms with Crippen molar-refractivity contribution in [2.24, 2.45) is 0 Å². The van der Waals surface area contributed by atoms with Gasteiger partial charge in [0.1, 0.15) is 5.75 Å². The van der Waals surface area contributed by atoms with Gasteiger partial charge in [-0.05, 0) is 79.6 Å². The molecule has 0 saturated carbocycles. The summed E-state index contributed by atoms with van der Waals surface area (Å²) in [4.78, 5) is 4.76. The van der Waals surface area contributed by atoms with Gasteiger partial charge < -0.3 is 4.74 Å². The third-order valence-electron chi connectivity index (χ3n) is 4.57. The number of benzene rings is 2. The molecule has 0 aliphatic heterocycles. The highest BCUT2D eigenvalue weighted by Crippen LogP contribution is 2.27. The van der Waals surface area contributed by atoms with Crippen molar-refractivity contribution in [3.63, 3.8) is 0 Å². The van der Waals surface area contributed by atoms with Crippen molar-refractivity contribution in [1.82, 2.24) is 9.71 Å². The minimum atomic E-state index is -3.73. The van der Waals surface area contributed by atoms with E-state index in [-0.39, 0.29) is 11.4 Å². The summed E-state index contributed by atoms with van der Waals surface area (Å²) in [6.45, 7) is 3.95. The summed E-state index contributed by atoms with van der Waals surface area (Å²) >= 11 is 0. The van der Waals surface area contributed by atoms with Crippen LogP contribution in [0.4, 0.5) is 0 Å². The van der Waals surface area contributed by atoms with E-state index in [1.165, 1.54) is 24.3 Å². The van der Waals surface area contributed by atoms with E-state index < -0.39 is 10.0 Å². The van der Waals surface area contributed by atoms with Crippen LogP contribution in [0.5, 0.6) is 5.75 Å². The minimum Gasteiger partial charge on any atom is -0.497 e. The maximum Gasteiger partial charge on any atom is 0.240 e. The summed E-state index contributed by atoms with van der Waals surface area (Å²) in [7, 11) is -2.12. The van der Waals surface area contributed by atoms with E-state index in [4.69, 9.17) is 10.00 Å². The van der Waals surface area contributed by atoms with Crippen LogP contribution < -0.4 is 9.46 Å². The van der Waals surface area contributed by atoms with Gasteiger partial charge >= 0.3 is 0 Å². The van der Waals surface area contributed by atoms with Crippen molar-refractivity contribution < 1.29 is 13.2 Å². The van der Waals surface area contributed by atoms with E-state index in [0.29, 0.717) is 5.56 Å². The van der Waals surface area contributed by atoms with Crippen LogP contribution in [0, 0.1) is 25.2 Å². The molecule has 0 aliphatic carbocycles. The maximum atomic E-state index is 12.7. The Morgan fingerprint density at radius 1 is 1.07 bits per heavy atom. The Bertz CT molecular complexity index is 1160. The van der Waals surface area contributed by atoms with E-state index in [0.717, 1.165) is 33.8 Å². The molecule has 0 amide bonds. The van der Waals surface area contributed by atoms with Crippen molar-refractivity contribution >= 4 is 10.0 Å². The van der Waals surface area contributed by atoms with Gasteiger partial charge in [-0.2, -0.15) is 5.26 Å². The number of aromatic nitrogens is 1. The lowest BCUT2D eigenvalue weighted by Gasteiger charge is -2.15. The summed E-state index contributed by atoms with van der Waals surface area (Å²) in [6.07, 6.45) is 0. The molecule has 3 rings (SSSR count). The van der Waals surface area contributed by atoms with Crippen LogP contribution >= 0.6 is 0 Å². The van der Waals surface area contributed by atoms with E-state index in [9.17, 15) is 8.42 Å². The van der Waals surface area contributed by atoms with E-state index in [2.05, 4.69) is 9.71 Å². The molecule has 0 radical (unpaired) electrons. The summed E-state index contributed by atoms with van der Waals surface area (Å²) in [5.41, 5.74) is 4.62. The standard InChI is InChI=1S/C22H21N3O3S/c1-15-12-16(2)25-22(18-6-8-19(28-3)9-7-18)21(15)14-24-29(26,27)20-10-4-17(13-23)5-11-20/h4-12,24H,14H2,1-3H3. The first-order valence-corrected chi connectivity index (χ1v) is 10.4. The van der Waals surface area contributed by atoms with Gasteiger partial charge in [-0.25, -0.2) is 13.1 Å². The Kier molecular flexibility index (Phi) is 5.97. The second kappa shape index (κ2) is 8.43. The number of nitrogens with one attached hydrogen (secondary N) is 1. The lowest BCUT2D eigenvalue weighted by atomic mass is 10.0. The third kappa shape index (κ3) is 4.62. The summed E-state index contributed by atoms with van der Waals surface area (Å²) in [5, 5.41) is 8.88. The molecule has 29 heavy (non-hydrogen) atoms. The lowest BCUT2D eigenvalue weighted by Crippen LogP contribution is -2.24. The molecule has 0 fully saturated rings. The second-order valence-electron chi connectivity index (χ2n) is 6.60. The molecule has 6 nitrogen and oxygen atoms in total. The van der Waals surface area contributed by atoms with Crippen molar-refractivity contribution in [2.75, 3.05) is 7.11 Å². The topological polar surface area (TPSA) is 92.1 Å². The average Bonchev–Trinajstić information content (AvgIpc) is 2.72. The quantitative estimate of drug-likeness (QED) is 0.672. The van der Waals surface area contributed by atoms with Gasteiger partial charge in [-0.3, -0.25) is 4.98 Å². The number of hydrogen-bond acceptors (Lipinski definition) is 5. The molecule has 3 aromatic rings. The second-order valence-corrected chi connectivity index (χ2v) is 8.36. The fraction of sp³-hybridized carbons (Fsp3) is 0.182. The number of rotatable bonds is 6. The predicted molar refractivity (Wildman–Crippen MR) is 111 cm³/mol. The molecule has 0 atom stereocenters. The first-order valence-electron chi connectivity index (χ1n) is 8.95. The zero-order valence-electron chi connectivity index (χ0n) is 16.4. The van der Waals surface area contributed by atoms with Gasteiger partial charge in [0.05, 0.1) is 29.3 Å². The van der Waals surface area contributed by atoms with Gasteiger partial charge in [0.25, 0.3) is 0 Å². The van der Waals surface area contributed by atoms with Gasteiger partial charge in [0.15, 0.2) is 0 Å². The first kappa shape index (κ1) is 20.5. The van der Waals surface area contributed by atoms with Crippen molar-refractivity contribution in [2.45, 2.75) is 25.3 Å². The Balaban J connectivity index is 1.93. The largest absolute Gasteiger partial charge is 0.497 e. The lowest BCUT2D eigenvalue weighted by molar-refractivity contribution is 0.415. The predicted octanol–water partition coefficient (Wildman–Crippen LogP) is 3.72. The molecule has 0 saturated heterocycles. The molecule has 0 spiro atoms. The maximum absolute atomic E-state index is 12.7. The highest BCUT2D eigenvalue weighted by molar-refractivity contribution is 7.89. The zero-order chi connectivity index (χ0) is 21.0. The third-order valence-corrected chi connectivity index (χ3v) is 5.99. The fourth-order valence-corrected chi connectivity index (χ4v) is 4.03. The molecule has 1 N–H and O–H groups in total. The number of aryl methyl sites for hydroxylation is 2. The highest BCUT2D eigenvalue weighted by Gasteiger charge is 2.17. The molecule has 0 bridgehead atoms. The number of pyridine rings is 1. The molecule has 0 aliphatic rings. The molecular formula is C22H21N3O3S. The van der Waals surface area contributed by atoms with Crippen LogP contribution in [0.2, 0.25) is 0 Å². The van der Waals surface area contributed by atoms with Crippen LogP contribution in [0.25, 0.3) is 11.3 Å². The highest BCUT2D eigenvalue weighted by atomic mass is 32.2. The van der Waals surface area contributed by atoms with Crippen molar-refractivity contribution in [3.05, 3.63) is 77.0 Å². The van der Waals surface area contributed by atoms with E-state index in [1.54, 1.807) is 7.11 Å². The van der Waals surface area contributed by atoms with Gasteiger partial charge in [-0.1, -0.05) is 0 Å². The number of ether oxygens (including phenoxy) is 1. The number of hydrogen-bond donors (Lipinski definition) is 1. The smallest absolute Gasteiger partial charge is 0.240 e. The van der Waals surface area contributed by atoms with E-state index in [1.807, 2.05) is 50.2 Å². The molecule has 0 unspecified atom stereocenters. The summed E-state index contributed by atoms with van der Waals surface area (Å²) < 4.78 is 33.2. The Labute approximate surface area is 170 Å². The number of nitrogens with zero attached hydrogens (tertiary/aromatic N) is 2. The molecule has 7 heteroatoms. The van der Waals surface area contributed by atoms with Crippen molar-refractivity contribution in [3.8, 4) is 23.1 Å². The molecule has 2 aromatic carbocycles. The zero-order valence-corrected chi connectivity index (χ0v) is 17.2. The summed E-state index contributed by atoms with van der Waals surface area (Å²) in [6, 6.07) is 17.2. The van der Waals surface area contributed by atoms with Gasteiger partial charge in [0.2, 0.25) is 10.0 Å². The van der Waals surface area contributed by atoms with Crippen LogP contribution in [0.15, 0.2) is 59.5 Å². The monoisotopic (exact) mass is 407 g/mol. The number of methoxy groups -OCH3 is 1. The van der Waals surface area contributed by atoms with Gasteiger partial charge in [0, 0.05) is 17.8 Å². The Hall–Kier alpha value is -3.21. The molecular weight excluding hydrogens is 386 g/mol. The summed E-state index contributed by atoms with van der Waals surface area (Å²) in [5.74, 6) is 0.737. The Morgan fingerprint density at radius 2 is 1.72 bits per heavy atom.